The van der Waals surface area contributed by atoms with Crippen LogP contribution in [0.1, 0.15) is 72.1 Å². The summed E-state index contributed by atoms with van der Waals surface area (Å²) in [7, 11) is 0. The van der Waals surface area contributed by atoms with Crippen molar-refractivity contribution in [3.63, 3.8) is 0 Å². The third-order valence-corrected chi connectivity index (χ3v) is 4.63. The van der Waals surface area contributed by atoms with Crippen LogP contribution < -0.4 is 0 Å². The Hall–Kier alpha value is -0.340. The summed E-state index contributed by atoms with van der Waals surface area (Å²) in [5.74, 6) is 0. The fourth-order valence-electron chi connectivity index (χ4n) is 3.11. The van der Waals surface area contributed by atoms with Gasteiger partial charge in [-0.3, -0.25) is 0 Å². The van der Waals surface area contributed by atoms with E-state index in [9.17, 15) is 0 Å². The highest BCUT2D eigenvalue weighted by Crippen LogP contribution is 2.38. The predicted octanol–water partition coefficient (Wildman–Crippen LogP) is 4.79. The second-order valence-corrected chi connectivity index (χ2v) is 6.38. The lowest BCUT2D eigenvalue weighted by molar-refractivity contribution is -0.0214. The molecule has 20 heavy (non-hydrogen) atoms. The number of rotatable bonds is 11. The maximum Gasteiger partial charge on any atom is 0.0886 e. The Labute approximate surface area is 126 Å². The van der Waals surface area contributed by atoms with E-state index in [1.54, 1.807) is 0 Å². The van der Waals surface area contributed by atoms with Crippen molar-refractivity contribution in [1.82, 2.24) is 4.90 Å². The van der Waals surface area contributed by atoms with Crippen LogP contribution in [0.25, 0.3) is 0 Å². The molecule has 0 radical (unpaired) electrons. The van der Waals surface area contributed by atoms with Gasteiger partial charge in [0.15, 0.2) is 0 Å². The van der Waals surface area contributed by atoms with Gasteiger partial charge in [0.05, 0.1) is 12.2 Å². The zero-order valence-corrected chi connectivity index (χ0v) is 14.0. The lowest BCUT2D eigenvalue weighted by Gasteiger charge is -2.31. The standard InChI is InChI=1S/C18H35NO/c1-5-7-13-19(14-8-6-2)15-16-20-18(17(3)4)11-9-10-12-18/h3,5-16H2,1-2,4H3. The topological polar surface area (TPSA) is 12.5 Å². The third-order valence-electron chi connectivity index (χ3n) is 4.63. The molecule has 1 fully saturated rings. The van der Waals surface area contributed by atoms with E-state index in [2.05, 4.69) is 32.3 Å². The summed E-state index contributed by atoms with van der Waals surface area (Å²) in [5, 5.41) is 0. The van der Waals surface area contributed by atoms with E-state index in [1.165, 1.54) is 70.0 Å². The van der Waals surface area contributed by atoms with Crippen molar-refractivity contribution < 1.29 is 4.74 Å². The summed E-state index contributed by atoms with van der Waals surface area (Å²) in [4.78, 5) is 2.58. The van der Waals surface area contributed by atoms with Gasteiger partial charge in [0.25, 0.3) is 0 Å². The van der Waals surface area contributed by atoms with E-state index >= 15 is 0 Å². The second-order valence-electron chi connectivity index (χ2n) is 6.38. The molecule has 0 amide bonds. The molecular weight excluding hydrogens is 246 g/mol. The minimum atomic E-state index is 0.00117. The fraction of sp³-hybridized carbons (Fsp3) is 0.889. The quantitative estimate of drug-likeness (QED) is 0.505. The first-order valence-electron chi connectivity index (χ1n) is 8.67. The van der Waals surface area contributed by atoms with Gasteiger partial charge in [-0.15, -0.1) is 0 Å². The van der Waals surface area contributed by atoms with Crippen molar-refractivity contribution in [3.8, 4) is 0 Å². The monoisotopic (exact) mass is 281 g/mol. The van der Waals surface area contributed by atoms with Crippen LogP contribution >= 0.6 is 0 Å². The van der Waals surface area contributed by atoms with E-state index in [-0.39, 0.29) is 5.60 Å². The summed E-state index contributed by atoms with van der Waals surface area (Å²) in [5.41, 5.74) is 1.23. The molecule has 0 aromatic rings. The molecule has 0 aromatic carbocycles. The Morgan fingerprint density at radius 3 is 2.05 bits per heavy atom. The van der Waals surface area contributed by atoms with Crippen LogP contribution in [0.4, 0.5) is 0 Å². The van der Waals surface area contributed by atoms with E-state index in [4.69, 9.17) is 4.74 Å². The Balaban J connectivity index is 2.35. The van der Waals surface area contributed by atoms with Gasteiger partial charge in [-0.2, -0.15) is 0 Å². The van der Waals surface area contributed by atoms with Gasteiger partial charge in [-0.05, 0) is 51.3 Å². The van der Waals surface area contributed by atoms with Crippen molar-refractivity contribution in [3.05, 3.63) is 12.2 Å². The minimum Gasteiger partial charge on any atom is -0.369 e. The van der Waals surface area contributed by atoms with Gasteiger partial charge >= 0.3 is 0 Å². The smallest absolute Gasteiger partial charge is 0.0886 e. The number of hydrogen-bond acceptors (Lipinski definition) is 2. The number of hydrogen-bond donors (Lipinski definition) is 0. The molecule has 0 bridgehead atoms. The fourth-order valence-corrected chi connectivity index (χ4v) is 3.11. The van der Waals surface area contributed by atoms with E-state index in [0.717, 1.165) is 13.2 Å². The van der Waals surface area contributed by atoms with E-state index < -0.39 is 0 Å². The second kappa shape index (κ2) is 9.57. The van der Waals surface area contributed by atoms with Crippen LogP contribution in [-0.4, -0.2) is 36.7 Å². The Kier molecular flexibility index (Phi) is 8.47. The lowest BCUT2D eigenvalue weighted by Crippen LogP contribution is -2.35. The number of unbranched alkanes of at least 4 members (excludes halogenated alkanes) is 2. The maximum atomic E-state index is 6.30. The molecule has 0 spiro atoms. The van der Waals surface area contributed by atoms with Gasteiger partial charge in [0, 0.05) is 6.54 Å². The highest BCUT2D eigenvalue weighted by atomic mass is 16.5. The van der Waals surface area contributed by atoms with Gasteiger partial charge in [-0.25, -0.2) is 0 Å². The molecule has 0 saturated heterocycles. The molecule has 0 aliphatic heterocycles. The van der Waals surface area contributed by atoms with Crippen LogP contribution in [0.3, 0.4) is 0 Å². The molecule has 0 aromatic heterocycles. The molecule has 2 nitrogen and oxygen atoms in total. The normalized spacial score (nSPS) is 17.8. The van der Waals surface area contributed by atoms with Gasteiger partial charge in [-0.1, -0.05) is 46.1 Å². The molecule has 0 atom stereocenters. The maximum absolute atomic E-state index is 6.30. The van der Waals surface area contributed by atoms with Crippen molar-refractivity contribution in [2.45, 2.75) is 77.7 Å². The molecular formula is C18H35NO. The van der Waals surface area contributed by atoms with Gasteiger partial charge < -0.3 is 9.64 Å². The summed E-state index contributed by atoms with van der Waals surface area (Å²) >= 11 is 0. The van der Waals surface area contributed by atoms with Crippen LogP contribution in [0.5, 0.6) is 0 Å². The van der Waals surface area contributed by atoms with Gasteiger partial charge in [0.2, 0.25) is 0 Å². The molecule has 118 valence electrons. The third kappa shape index (κ3) is 5.57. The number of ether oxygens (including phenoxy) is 1. The van der Waals surface area contributed by atoms with Crippen LogP contribution in [-0.2, 0) is 4.74 Å². The first kappa shape index (κ1) is 17.7. The van der Waals surface area contributed by atoms with Crippen LogP contribution in [0.2, 0.25) is 0 Å². The highest BCUT2D eigenvalue weighted by Gasteiger charge is 2.35. The van der Waals surface area contributed by atoms with Crippen LogP contribution in [0, 0.1) is 0 Å². The number of nitrogens with zero attached hydrogens (tertiary/aromatic N) is 1. The molecule has 0 heterocycles. The first-order chi connectivity index (χ1) is 9.64. The first-order valence-corrected chi connectivity index (χ1v) is 8.67. The molecule has 0 N–H and O–H groups in total. The summed E-state index contributed by atoms with van der Waals surface area (Å²) < 4.78 is 6.30. The van der Waals surface area contributed by atoms with Gasteiger partial charge in [0.1, 0.15) is 0 Å². The summed E-state index contributed by atoms with van der Waals surface area (Å²) in [6.07, 6.45) is 10.1. The van der Waals surface area contributed by atoms with Crippen molar-refractivity contribution >= 4 is 0 Å². The van der Waals surface area contributed by atoms with E-state index in [0.29, 0.717) is 0 Å². The lowest BCUT2D eigenvalue weighted by atomic mass is 9.94. The highest BCUT2D eigenvalue weighted by molar-refractivity contribution is 5.12. The molecule has 1 aliphatic rings. The molecule has 1 rings (SSSR count). The largest absolute Gasteiger partial charge is 0.369 e. The minimum absolute atomic E-state index is 0.00117. The zero-order valence-electron chi connectivity index (χ0n) is 14.0. The van der Waals surface area contributed by atoms with Crippen LogP contribution in [0.15, 0.2) is 12.2 Å². The van der Waals surface area contributed by atoms with Crippen molar-refractivity contribution in [2.24, 2.45) is 0 Å². The SMILES string of the molecule is C=C(C)C1(OCCN(CCCC)CCCC)CCCC1. The van der Waals surface area contributed by atoms with Crippen molar-refractivity contribution in [2.75, 3.05) is 26.2 Å². The van der Waals surface area contributed by atoms with E-state index in [1.807, 2.05) is 0 Å². The average molecular weight is 281 g/mol. The Bertz CT molecular complexity index is 261. The molecule has 1 saturated carbocycles. The Morgan fingerprint density at radius 2 is 1.60 bits per heavy atom. The molecule has 2 heteroatoms. The predicted molar refractivity (Wildman–Crippen MR) is 88.2 cm³/mol. The molecule has 1 aliphatic carbocycles. The average Bonchev–Trinajstić information content (AvgIpc) is 2.91. The summed E-state index contributed by atoms with van der Waals surface area (Å²) in [6.45, 7) is 15.2. The van der Waals surface area contributed by atoms with Crippen molar-refractivity contribution in [1.29, 1.82) is 0 Å². The zero-order chi connectivity index (χ0) is 14.8. The Morgan fingerprint density at radius 1 is 1.05 bits per heavy atom. The molecule has 0 unspecified atom stereocenters. The summed E-state index contributed by atoms with van der Waals surface area (Å²) in [6, 6.07) is 0.